The highest BCUT2D eigenvalue weighted by Crippen LogP contribution is 2.39. The van der Waals surface area contributed by atoms with E-state index >= 15 is 0 Å². The van der Waals surface area contributed by atoms with Crippen LogP contribution in [0, 0.1) is 11.8 Å². The van der Waals surface area contributed by atoms with Crippen molar-refractivity contribution in [3.8, 4) is 5.75 Å². The van der Waals surface area contributed by atoms with Crippen molar-refractivity contribution in [3.63, 3.8) is 0 Å². The van der Waals surface area contributed by atoms with Gasteiger partial charge in [0.25, 0.3) is 0 Å². The fraction of sp³-hybridized carbons (Fsp3) is 0.593. The number of rotatable bonds is 9. The Morgan fingerprint density at radius 3 is 2.45 bits per heavy atom. The van der Waals surface area contributed by atoms with Gasteiger partial charge in [0.05, 0.1) is 0 Å². The van der Waals surface area contributed by atoms with Crippen molar-refractivity contribution in [2.24, 2.45) is 11.8 Å². The third-order valence-electron chi connectivity index (χ3n) is 6.80. The van der Waals surface area contributed by atoms with E-state index in [-0.39, 0.29) is 5.97 Å². The molecule has 2 nitrogen and oxygen atoms in total. The van der Waals surface area contributed by atoms with Crippen LogP contribution < -0.4 is 4.74 Å². The zero-order valence-electron chi connectivity index (χ0n) is 18.6. The molecule has 1 aliphatic carbocycles. The molecule has 0 N–H and O–H groups in total. The second-order valence-electron chi connectivity index (χ2n) is 9.17. The predicted octanol–water partition coefficient (Wildman–Crippen LogP) is 8.04. The summed E-state index contributed by atoms with van der Waals surface area (Å²) in [5, 5.41) is 2.40. The van der Waals surface area contributed by atoms with Crippen LogP contribution in [0.3, 0.4) is 0 Å². The number of benzene rings is 2. The molecule has 0 aliphatic heterocycles. The third kappa shape index (κ3) is 6.32. The number of hydrogen-bond acceptors (Lipinski definition) is 2. The van der Waals surface area contributed by atoms with Gasteiger partial charge in [-0.05, 0) is 84.7 Å². The highest BCUT2D eigenvalue weighted by Gasteiger charge is 2.23. The molecule has 3 rings (SSSR count). The lowest BCUT2D eigenvalue weighted by Gasteiger charge is -2.30. The molecule has 1 unspecified atom stereocenters. The lowest BCUT2D eigenvalue weighted by Crippen LogP contribution is -2.15. The molecule has 2 heteroatoms. The molecule has 0 heterocycles. The first-order chi connectivity index (χ1) is 14.1. The highest BCUT2D eigenvalue weighted by molar-refractivity contribution is 5.85. The van der Waals surface area contributed by atoms with E-state index in [0.29, 0.717) is 18.1 Å². The summed E-state index contributed by atoms with van der Waals surface area (Å²) in [6.07, 6.45) is 11.7. The monoisotopic (exact) mass is 394 g/mol. The predicted molar refractivity (Wildman–Crippen MR) is 122 cm³/mol. The standard InChI is InChI=1S/C27H38O2/c1-4-6-7-8-27(28)29-26-16-15-24-18-23(13-14-25(24)19-26)22-11-9-21(10-12-22)17-20(3)5-2/h13-16,18-22H,4-12,17H2,1-3H3. The molecule has 1 saturated carbocycles. The normalized spacial score (nSPS) is 20.5. The molecule has 1 fully saturated rings. The van der Waals surface area contributed by atoms with E-state index in [1.165, 1.54) is 49.5 Å². The maximum atomic E-state index is 12.0. The molecular formula is C27H38O2. The Morgan fingerprint density at radius 1 is 1.00 bits per heavy atom. The van der Waals surface area contributed by atoms with Crippen molar-refractivity contribution in [2.45, 2.75) is 90.9 Å². The lowest BCUT2D eigenvalue weighted by atomic mass is 9.75. The smallest absolute Gasteiger partial charge is 0.311 e. The van der Waals surface area contributed by atoms with E-state index in [4.69, 9.17) is 4.74 Å². The zero-order valence-corrected chi connectivity index (χ0v) is 18.6. The van der Waals surface area contributed by atoms with Crippen molar-refractivity contribution >= 4 is 16.7 Å². The minimum absolute atomic E-state index is 0.122. The van der Waals surface area contributed by atoms with Crippen LogP contribution >= 0.6 is 0 Å². The maximum absolute atomic E-state index is 12.0. The third-order valence-corrected chi connectivity index (χ3v) is 6.80. The van der Waals surface area contributed by atoms with Crippen molar-refractivity contribution in [1.82, 2.24) is 0 Å². The molecule has 0 saturated heterocycles. The fourth-order valence-corrected chi connectivity index (χ4v) is 4.73. The van der Waals surface area contributed by atoms with E-state index in [1.807, 2.05) is 12.1 Å². The van der Waals surface area contributed by atoms with Gasteiger partial charge >= 0.3 is 5.97 Å². The van der Waals surface area contributed by atoms with Crippen LogP contribution in [0.5, 0.6) is 5.75 Å². The van der Waals surface area contributed by atoms with Crippen LogP contribution in [0.4, 0.5) is 0 Å². The first-order valence-corrected chi connectivity index (χ1v) is 11.8. The van der Waals surface area contributed by atoms with E-state index in [0.717, 1.165) is 36.5 Å². The summed E-state index contributed by atoms with van der Waals surface area (Å²) in [5.41, 5.74) is 1.48. The summed E-state index contributed by atoms with van der Waals surface area (Å²) in [7, 11) is 0. The Hall–Kier alpha value is -1.83. The van der Waals surface area contributed by atoms with E-state index in [2.05, 4.69) is 45.0 Å². The van der Waals surface area contributed by atoms with Gasteiger partial charge in [-0.1, -0.05) is 64.3 Å². The number of hydrogen-bond donors (Lipinski definition) is 0. The Morgan fingerprint density at radius 2 is 1.72 bits per heavy atom. The number of carbonyl (C=O) groups is 1. The highest BCUT2D eigenvalue weighted by atomic mass is 16.5. The van der Waals surface area contributed by atoms with E-state index < -0.39 is 0 Å². The molecule has 29 heavy (non-hydrogen) atoms. The molecule has 0 radical (unpaired) electrons. The van der Waals surface area contributed by atoms with Crippen LogP contribution in [0.2, 0.25) is 0 Å². The Balaban J connectivity index is 1.59. The van der Waals surface area contributed by atoms with Gasteiger partial charge in [0.15, 0.2) is 0 Å². The molecular weight excluding hydrogens is 356 g/mol. The molecule has 158 valence electrons. The lowest BCUT2D eigenvalue weighted by molar-refractivity contribution is -0.134. The summed E-state index contributed by atoms with van der Waals surface area (Å²) in [6.45, 7) is 6.85. The fourth-order valence-electron chi connectivity index (χ4n) is 4.73. The van der Waals surface area contributed by atoms with Gasteiger partial charge < -0.3 is 4.74 Å². The van der Waals surface area contributed by atoms with Crippen LogP contribution in [0.25, 0.3) is 10.8 Å². The van der Waals surface area contributed by atoms with Crippen LogP contribution in [0.15, 0.2) is 36.4 Å². The molecule has 1 atom stereocenters. The molecule has 0 spiro atoms. The molecule has 1 aliphatic rings. The van der Waals surface area contributed by atoms with E-state index in [9.17, 15) is 4.79 Å². The summed E-state index contributed by atoms with van der Waals surface area (Å²) in [5.74, 6) is 3.04. The van der Waals surface area contributed by atoms with Gasteiger partial charge in [0.1, 0.15) is 5.75 Å². The largest absolute Gasteiger partial charge is 0.427 e. The number of esters is 1. The van der Waals surface area contributed by atoms with Crippen molar-refractivity contribution < 1.29 is 9.53 Å². The van der Waals surface area contributed by atoms with Gasteiger partial charge in [0, 0.05) is 6.42 Å². The van der Waals surface area contributed by atoms with Gasteiger partial charge in [0.2, 0.25) is 0 Å². The summed E-state index contributed by atoms with van der Waals surface area (Å²) >= 11 is 0. The second-order valence-corrected chi connectivity index (χ2v) is 9.17. The minimum atomic E-state index is -0.122. The quantitative estimate of drug-likeness (QED) is 0.244. The number of ether oxygens (including phenoxy) is 1. The summed E-state index contributed by atoms with van der Waals surface area (Å²) in [6, 6.07) is 12.9. The Bertz CT molecular complexity index is 786. The zero-order chi connectivity index (χ0) is 20.6. The average molecular weight is 395 g/mol. The molecule has 2 aromatic rings. The Labute approximate surface area is 177 Å². The van der Waals surface area contributed by atoms with Crippen LogP contribution in [0.1, 0.15) is 96.5 Å². The van der Waals surface area contributed by atoms with E-state index in [1.54, 1.807) is 0 Å². The Kier molecular flexibility index (Phi) is 8.15. The van der Waals surface area contributed by atoms with Gasteiger partial charge in [-0.25, -0.2) is 0 Å². The number of unbranched alkanes of at least 4 members (excludes halogenated alkanes) is 2. The first-order valence-electron chi connectivity index (χ1n) is 11.8. The van der Waals surface area contributed by atoms with Crippen molar-refractivity contribution in [1.29, 1.82) is 0 Å². The molecule has 0 aromatic heterocycles. The summed E-state index contributed by atoms with van der Waals surface area (Å²) in [4.78, 5) is 12.0. The number of fused-ring (bicyclic) bond motifs is 1. The first kappa shape index (κ1) is 21.9. The molecule has 0 bridgehead atoms. The van der Waals surface area contributed by atoms with Crippen LogP contribution in [-0.4, -0.2) is 5.97 Å². The van der Waals surface area contributed by atoms with Gasteiger partial charge in [-0.2, -0.15) is 0 Å². The van der Waals surface area contributed by atoms with Gasteiger partial charge in [-0.3, -0.25) is 4.79 Å². The minimum Gasteiger partial charge on any atom is -0.427 e. The second kappa shape index (κ2) is 10.8. The van der Waals surface area contributed by atoms with Crippen molar-refractivity contribution in [2.75, 3.05) is 0 Å². The maximum Gasteiger partial charge on any atom is 0.311 e. The number of carbonyl (C=O) groups excluding carboxylic acids is 1. The summed E-state index contributed by atoms with van der Waals surface area (Å²) < 4.78 is 5.53. The molecule has 2 aromatic carbocycles. The van der Waals surface area contributed by atoms with Crippen LogP contribution in [-0.2, 0) is 4.79 Å². The van der Waals surface area contributed by atoms with Crippen molar-refractivity contribution in [3.05, 3.63) is 42.0 Å². The molecule has 0 amide bonds. The van der Waals surface area contributed by atoms with Gasteiger partial charge in [-0.15, -0.1) is 0 Å². The SMILES string of the molecule is CCCCCC(=O)Oc1ccc2cc(C3CCC(CC(C)CC)CC3)ccc2c1. The average Bonchev–Trinajstić information content (AvgIpc) is 2.74. The topological polar surface area (TPSA) is 26.3 Å².